The monoisotopic (exact) mass is 329 g/mol. The lowest BCUT2D eigenvalue weighted by molar-refractivity contribution is -0.156. The Kier molecular flexibility index (Phi) is 5.29. The fourth-order valence-corrected chi connectivity index (χ4v) is 4.59. The number of hydrogen-bond acceptors (Lipinski definition) is 3. The highest BCUT2D eigenvalue weighted by atomic mass is 16.5. The van der Waals surface area contributed by atoms with Crippen LogP contribution in [0.5, 0.6) is 0 Å². The third-order valence-electron chi connectivity index (χ3n) is 6.24. The molecule has 0 unspecified atom stereocenters. The first-order chi connectivity index (χ1) is 11.5. The van der Waals surface area contributed by atoms with E-state index in [1.54, 1.807) is 0 Å². The average Bonchev–Trinajstić information content (AvgIpc) is 3.22. The van der Waals surface area contributed by atoms with Crippen molar-refractivity contribution in [2.24, 2.45) is 17.8 Å². The van der Waals surface area contributed by atoms with E-state index in [0.29, 0.717) is 12.0 Å². The third-order valence-corrected chi connectivity index (χ3v) is 6.24. The second-order valence-electron chi connectivity index (χ2n) is 7.88. The quantitative estimate of drug-likeness (QED) is 0.706. The molecule has 132 valence electrons. The standard InChI is InChI=1S/C21H31NO2/c1-5-20(18-9-7-6-8-17(18)14(2)22(3)4)24-21(23)19-13-15-10-11-16(19)12-15/h6-9,14-16,19-20H,5,10-13H2,1-4H3/t14-,15-,16+,19+,20+/m1/s1. The van der Waals surface area contributed by atoms with Crippen molar-refractivity contribution in [1.82, 2.24) is 4.90 Å². The molecule has 2 saturated carbocycles. The van der Waals surface area contributed by atoms with Crippen LogP contribution in [0.1, 0.15) is 69.2 Å². The van der Waals surface area contributed by atoms with E-state index in [9.17, 15) is 4.79 Å². The molecule has 0 radical (unpaired) electrons. The van der Waals surface area contributed by atoms with Crippen LogP contribution < -0.4 is 0 Å². The molecule has 2 fully saturated rings. The van der Waals surface area contributed by atoms with E-state index in [4.69, 9.17) is 4.74 Å². The highest BCUT2D eigenvalue weighted by molar-refractivity contribution is 5.73. The number of hydrogen-bond donors (Lipinski definition) is 0. The molecule has 0 spiro atoms. The van der Waals surface area contributed by atoms with Crippen LogP contribution in [0.25, 0.3) is 0 Å². The summed E-state index contributed by atoms with van der Waals surface area (Å²) in [6.07, 6.45) is 5.52. The van der Waals surface area contributed by atoms with Crippen LogP contribution in [0.15, 0.2) is 24.3 Å². The van der Waals surface area contributed by atoms with Crippen LogP contribution in [0.2, 0.25) is 0 Å². The normalized spacial score (nSPS) is 28.1. The maximum Gasteiger partial charge on any atom is 0.309 e. The molecular weight excluding hydrogens is 298 g/mol. The summed E-state index contributed by atoms with van der Waals surface area (Å²) in [7, 11) is 4.17. The molecule has 1 aromatic rings. The lowest BCUT2D eigenvalue weighted by atomic mass is 9.89. The average molecular weight is 329 g/mol. The van der Waals surface area contributed by atoms with Crippen molar-refractivity contribution in [2.75, 3.05) is 14.1 Å². The van der Waals surface area contributed by atoms with E-state index in [0.717, 1.165) is 24.3 Å². The van der Waals surface area contributed by atoms with E-state index < -0.39 is 0 Å². The van der Waals surface area contributed by atoms with E-state index in [-0.39, 0.29) is 18.0 Å². The molecule has 0 saturated heterocycles. The zero-order chi connectivity index (χ0) is 17.3. The molecule has 2 bridgehead atoms. The Bertz CT molecular complexity index is 583. The van der Waals surface area contributed by atoms with Crippen molar-refractivity contribution in [3.05, 3.63) is 35.4 Å². The van der Waals surface area contributed by atoms with Crippen LogP contribution in [0.3, 0.4) is 0 Å². The lowest BCUT2D eigenvalue weighted by Gasteiger charge is -2.28. The van der Waals surface area contributed by atoms with Crippen LogP contribution in [0, 0.1) is 17.8 Å². The molecule has 2 aliphatic rings. The van der Waals surface area contributed by atoms with Crippen molar-refractivity contribution in [3.8, 4) is 0 Å². The van der Waals surface area contributed by atoms with E-state index in [1.807, 2.05) is 0 Å². The molecule has 0 aromatic heterocycles. The van der Waals surface area contributed by atoms with E-state index in [2.05, 4.69) is 57.1 Å². The Morgan fingerprint density at radius 1 is 1.21 bits per heavy atom. The SMILES string of the molecule is CC[C@H](OC(=O)[C@H]1C[C@@H]2CC[C@H]1C2)c1ccccc1[C@@H](C)N(C)C. The van der Waals surface area contributed by atoms with Crippen LogP contribution >= 0.6 is 0 Å². The molecule has 1 aromatic carbocycles. The number of nitrogens with zero attached hydrogens (tertiary/aromatic N) is 1. The fraction of sp³-hybridized carbons (Fsp3) is 0.667. The van der Waals surface area contributed by atoms with Gasteiger partial charge in [0.1, 0.15) is 6.10 Å². The number of carbonyl (C=O) groups excluding carboxylic acids is 1. The molecule has 5 atom stereocenters. The molecule has 0 N–H and O–H groups in total. The summed E-state index contributed by atoms with van der Waals surface area (Å²) in [6, 6.07) is 8.71. The fourth-order valence-electron chi connectivity index (χ4n) is 4.59. The Morgan fingerprint density at radius 3 is 2.46 bits per heavy atom. The minimum absolute atomic E-state index is 0.0429. The Hall–Kier alpha value is -1.35. The van der Waals surface area contributed by atoms with Gasteiger partial charge in [-0.3, -0.25) is 4.79 Å². The summed E-state index contributed by atoms with van der Waals surface area (Å²) < 4.78 is 6.04. The zero-order valence-electron chi connectivity index (χ0n) is 15.5. The smallest absolute Gasteiger partial charge is 0.309 e. The molecule has 0 amide bonds. The van der Waals surface area contributed by atoms with Gasteiger partial charge in [0, 0.05) is 6.04 Å². The lowest BCUT2D eigenvalue weighted by Crippen LogP contribution is -2.26. The summed E-state index contributed by atoms with van der Waals surface area (Å²) in [5.74, 6) is 1.54. The largest absolute Gasteiger partial charge is 0.457 e. The van der Waals surface area contributed by atoms with E-state index in [1.165, 1.54) is 24.8 Å². The zero-order valence-corrected chi connectivity index (χ0v) is 15.5. The second-order valence-corrected chi connectivity index (χ2v) is 7.88. The van der Waals surface area contributed by atoms with Gasteiger partial charge < -0.3 is 9.64 Å². The molecule has 0 heterocycles. The Labute approximate surface area is 146 Å². The van der Waals surface area contributed by atoms with E-state index >= 15 is 0 Å². The van der Waals surface area contributed by atoms with Crippen molar-refractivity contribution < 1.29 is 9.53 Å². The molecule has 24 heavy (non-hydrogen) atoms. The topological polar surface area (TPSA) is 29.5 Å². The molecule has 3 heteroatoms. The molecule has 2 aliphatic carbocycles. The van der Waals surface area contributed by atoms with Gasteiger partial charge in [0.15, 0.2) is 0 Å². The van der Waals surface area contributed by atoms with Crippen LogP contribution in [-0.4, -0.2) is 25.0 Å². The first-order valence-electron chi connectivity index (χ1n) is 9.47. The number of fused-ring (bicyclic) bond motifs is 2. The van der Waals surface area contributed by atoms with Gasteiger partial charge in [-0.25, -0.2) is 0 Å². The summed E-state index contributed by atoms with van der Waals surface area (Å²) in [4.78, 5) is 15.0. The summed E-state index contributed by atoms with van der Waals surface area (Å²) in [6.45, 7) is 4.30. The Morgan fingerprint density at radius 2 is 1.92 bits per heavy atom. The summed E-state index contributed by atoms with van der Waals surface area (Å²) >= 11 is 0. The minimum atomic E-state index is -0.129. The number of esters is 1. The van der Waals surface area contributed by atoms with Crippen molar-refractivity contribution in [2.45, 2.75) is 58.1 Å². The van der Waals surface area contributed by atoms with Crippen molar-refractivity contribution >= 4 is 5.97 Å². The molecule has 3 nitrogen and oxygen atoms in total. The summed E-state index contributed by atoms with van der Waals surface area (Å²) in [5.41, 5.74) is 2.42. The van der Waals surface area contributed by atoms with Gasteiger partial charge in [0.05, 0.1) is 5.92 Å². The van der Waals surface area contributed by atoms with Gasteiger partial charge in [-0.05, 0) is 69.7 Å². The number of carbonyl (C=O) groups is 1. The van der Waals surface area contributed by atoms with Gasteiger partial charge >= 0.3 is 5.97 Å². The Balaban J connectivity index is 1.76. The van der Waals surface area contributed by atoms with Gasteiger partial charge in [0.25, 0.3) is 0 Å². The number of ether oxygens (including phenoxy) is 1. The van der Waals surface area contributed by atoms with Crippen LogP contribution in [0.4, 0.5) is 0 Å². The predicted octanol–water partition coefficient (Wildman–Crippen LogP) is 4.74. The first kappa shape index (κ1) is 17.5. The molecular formula is C21H31NO2. The van der Waals surface area contributed by atoms with Gasteiger partial charge in [0.2, 0.25) is 0 Å². The molecule has 0 aliphatic heterocycles. The van der Waals surface area contributed by atoms with Crippen molar-refractivity contribution in [3.63, 3.8) is 0 Å². The van der Waals surface area contributed by atoms with Gasteiger partial charge in [-0.2, -0.15) is 0 Å². The van der Waals surface area contributed by atoms with Crippen LogP contribution in [-0.2, 0) is 9.53 Å². The number of rotatable bonds is 6. The summed E-state index contributed by atoms with van der Waals surface area (Å²) in [5, 5.41) is 0. The first-order valence-corrected chi connectivity index (χ1v) is 9.47. The highest BCUT2D eigenvalue weighted by Crippen LogP contribution is 2.49. The number of benzene rings is 1. The second kappa shape index (κ2) is 7.26. The minimum Gasteiger partial charge on any atom is -0.457 e. The predicted molar refractivity (Wildman–Crippen MR) is 96.6 cm³/mol. The van der Waals surface area contributed by atoms with Crippen molar-refractivity contribution in [1.29, 1.82) is 0 Å². The van der Waals surface area contributed by atoms with Gasteiger partial charge in [-0.1, -0.05) is 37.6 Å². The highest BCUT2D eigenvalue weighted by Gasteiger charge is 2.44. The maximum atomic E-state index is 12.8. The van der Waals surface area contributed by atoms with Gasteiger partial charge in [-0.15, -0.1) is 0 Å². The third kappa shape index (κ3) is 3.37. The molecule has 3 rings (SSSR count). The maximum absolute atomic E-state index is 12.8.